The van der Waals surface area contributed by atoms with E-state index in [0.29, 0.717) is 5.56 Å². The first-order chi connectivity index (χ1) is 18.4. The lowest BCUT2D eigenvalue weighted by Crippen LogP contribution is -2.54. The lowest BCUT2D eigenvalue weighted by molar-refractivity contribution is -0.144. The van der Waals surface area contributed by atoms with Crippen molar-refractivity contribution in [2.75, 3.05) is 20.2 Å². The molecule has 0 spiro atoms. The molecule has 208 valence electrons. The lowest BCUT2D eigenvalue weighted by atomic mass is 9.97. The second kappa shape index (κ2) is 14.0. The van der Waals surface area contributed by atoms with Gasteiger partial charge in [-0.15, -0.1) is 0 Å². The van der Waals surface area contributed by atoms with Gasteiger partial charge in [0.15, 0.2) is 0 Å². The molecule has 0 aliphatic heterocycles. The fourth-order valence-electron chi connectivity index (χ4n) is 3.81. The molecule has 2 rings (SSSR count). The van der Waals surface area contributed by atoms with Crippen molar-refractivity contribution in [3.63, 3.8) is 0 Å². The van der Waals surface area contributed by atoms with Crippen molar-refractivity contribution in [2.24, 2.45) is 0 Å². The Hall–Kier alpha value is -4.39. The van der Waals surface area contributed by atoms with E-state index >= 15 is 0 Å². The molecule has 39 heavy (non-hydrogen) atoms. The molecule has 0 aromatic heterocycles. The minimum Gasteiger partial charge on any atom is -0.468 e. The van der Waals surface area contributed by atoms with Crippen LogP contribution in [0.4, 0.5) is 4.79 Å². The van der Waals surface area contributed by atoms with Gasteiger partial charge >= 0.3 is 12.1 Å². The standard InChI is InChI=1S/C29H36N4O6/c1-19-12-13-22(16-20(19)2)25(26(35)31-18-24(34)38-6)33(15-14-30)27(36)23(17-21-10-8-7-9-11-21)32-28(37)39-29(3,4)5/h7-13,16,23,25H,15,17-18H2,1-6H3,(H,31,35)(H,32,37). The van der Waals surface area contributed by atoms with E-state index in [2.05, 4.69) is 15.4 Å². The minimum absolute atomic E-state index is 0.0876. The van der Waals surface area contributed by atoms with Crippen molar-refractivity contribution in [1.82, 2.24) is 15.5 Å². The number of methoxy groups -OCH3 is 1. The van der Waals surface area contributed by atoms with Gasteiger partial charge in [-0.25, -0.2) is 4.79 Å². The molecule has 10 nitrogen and oxygen atoms in total. The van der Waals surface area contributed by atoms with Crippen LogP contribution in [0, 0.1) is 25.2 Å². The van der Waals surface area contributed by atoms with Crippen LogP contribution in [0.1, 0.15) is 49.1 Å². The van der Waals surface area contributed by atoms with Gasteiger partial charge in [0.05, 0.1) is 13.2 Å². The number of hydrogen-bond acceptors (Lipinski definition) is 7. The summed E-state index contributed by atoms with van der Waals surface area (Å²) in [4.78, 5) is 53.0. The third-order valence-electron chi connectivity index (χ3n) is 5.84. The first kappa shape index (κ1) is 30.8. The second-order valence-corrected chi connectivity index (χ2v) is 10.1. The van der Waals surface area contributed by atoms with E-state index in [4.69, 9.17) is 4.74 Å². The van der Waals surface area contributed by atoms with Gasteiger partial charge in [-0.2, -0.15) is 5.26 Å². The SMILES string of the molecule is COC(=O)CNC(=O)C(c1ccc(C)c(C)c1)N(CC#N)C(=O)C(Cc1ccccc1)NC(=O)OC(C)(C)C. The van der Waals surface area contributed by atoms with Crippen molar-refractivity contribution in [3.8, 4) is 6.07 Å². The number of nitrogens with one attached hydrogen (secondary N) is 2. The highest BCUT2D eigenvalue weighted by Crippen LogP contribution is 2.25. The third-order valence-corrected chi connectivity index (χ3v) is 5.84. The highest BCUT2D eigenvalue weighted by molar-refractivity contribution is 5.93. The molecule has 2 unspecified atom stereocenters. The number of rotatable bonds is 10. The summed E-state index contributed by atoms with van der Waals surface area (Å²) in [6.45, 7) is 7.99. The average molecular weight is 537 g/mol. The number of ether oxygens (including phenoxy) is 2. The van der Waals surface area contributed by atoms with Crippen molar-refractivity contribution >= 4 is 23.9 Å². The highest BCUT2D eigenvalue weighted by Gasteiger charge is 2.36. The Kier molecular flexibility index (Phi) is 11.0. The lowest BCUT2D eigenvalue weighted by Gasteiger charge is -2.33. The third kappa shape index (κ3) is 9.45. The van der Waals surface area contributed by atoms with Gasteiger partial charge in [-0.05, 0) is 56.9 Å². The molecule has 0 aliphatic rings. The maximum absolute atomic E-state index is 14.0. The van der Waals surface area contributed by atoms with Crippen LogP contribution in [0.5, 0.6) is 0 Å². The Morgan fingerprint density at radius 1 is 1.03 bits per heavy atom. The van der Waals surface area contributed by atoms with Gasteiger partial charge < -0.3 is 25.0 Å². The number of alkyl carbamates (subject to hydrolysis) is 1. The number of benzene rings is 2. The molecule has 2 atom stereocenters. The molecule has 0 aliphatic carbocycles. The fraction of sp³-hybridized carbons (Fsp3) is 0.414. The van der Waals surface area contributed by atoms with Gasteiger partial charge in [0, 0.05) is 6.42 Å². The molecular weight excluding hydrogens is 500 g/mol. The van der Waals surface area contributed by atoms with Crippen LogP contribution in [-0.4, -0.2) is 60.6 Å². The number of esters is 1. The zero-order valence-corrected chi connectivity index (χ0v) is 23.2. The minimum atomic E-state index is -1.26. The van der Waals surface area contributed by atoms with E-state index in [-0.39, 0.29) is 6.42 Å². The second-order valence-electron chi connectivity index (χ2n) is 10.1. The maximum Gasteiger partial charge on any atom is 0.408 e. The van der Waals surface area contributed by atoms with Gasteiger partial charge in [0.2, 0.25) is 11.8 Å². The van der Waals surface area contributed by atoms with Crippen molar-refractivity contribution in [2.45, 2.75) is 58.7 Å². The van der Waals surface area contributed by atoms with E-state index < -0.39 is 54.7 Å². The first-order valence-corrected chi connectivity index (χ1v) is 12.5. The molecule has 2 N–H and O–H groups in total. The number of hydrogen-bond donors (Lipinski definition) is 2. The number of aryl methyl sites for hydroxylation is 2. The number of nitriles is 1. The molecule has 2 aromatic carbocycles. The molecule has 0 heterocycles. The van der Waals surface area contributed by atoms with Crippen LogP contribution in [0.25, 0.3) is 0 Å². The summed E-state index contributed by atoms with van der Waals surface area (Å²) in [5, 5.41) is 14.8. The Labute approximate surface area is 229 Å². The van der Waals surface area contributed by atoms with Crippen LogP contribution in [0.2, 0.25) is 0 Å². The number of amides is 3. The summed E-state index contributed by atoms with van der Waals surface area (Å²) in [6, 6.07) is 13.8. The van der Waals surface area contributed by atoms with Gasteiger partial charge in [0.25, 0.3) is 0 Å². The van der Waals surface area contributed by atoms with E-state index in [1.807, 2.05) is 26.0 Å². The number of carbonyl (C=O) groups excluding carboxylic acids is 4. The van der Waals surface area contributed by atoms with Crippen molar-refractivity contribution in [1.29, 1.82) is 5.26 Å². The Morgan fingerprint density at radius 3 is 2.26 bits per heavy atom. The Balaban J connectivity index is 2.54. The molecule has 0 bridgehead atoms. The molecule has 0 radical (unpaired) electrons. The average Bonchev–Trinajstić information content (AvgIpc) is 2.87. The van der Waals surface area contributed by atoms with E-state index in [1.54, 1.807) is 63.2 Å². The molecule has 0 fully saturated rings. The molecule has 0 saturated heterocycles. The predicted octanol–water partition coefficient (Wildman–Crippen LogP) is 3.12. The first-order valence-electron chi connectivity index (χ1n) is 12.5. The summed E-state index contributed by atoms with van der Waals surface area (Å²) < 4.78 is 9.99. The summed E-state index contributed by atoms with van der Waals surface area (Å²) in [6.07, 6.45) is -0.726. The van der Waals surface area contributed by atoms with Gasteiger partial charge in [-0.3, -0.25) is 14.4 Å². The van der Waals surface area contributed by atoms with Gasteiger partial charge in [0.1, 0.15) is 30.8 Å². The normalized spacial score (nSPS) is 12.3. The van der Waals surface area contributed by atoms with Crippen LogP contribution in [0.3, 0.4) is 0 Å². The topological polar surface area (TPSA) is 138 Å². The molecular formula is C29H36N4O6. The fourth-order valence-corrected chi connectivity index (χ4v) is 3.81. The van der Waals surface area contributed by atoms with E-state index in [1.165, 1.54) is 7.11 Å². The smallest absolute Gasteiger partial charge is 0.408 e. The highest BCUT2D eigenvalue weighted by atomic mass is 16.6. The zero-order chi connectivity index (χ0) is 29.2. The molecule has 10 heteroatoms. The van der Waals surface area contributed by atoms with Crippen LogP contribution in [0.15, 0.2) is 48.5 Å². The zero-order valence-electron chi connectivity index (χ0n) is 23.2. The largest absolute Gasteiger partial charge is 0.468 e. The number of carbonyl (C=O) groups is 4. The van der Waals surface area contributed by atoms with Crippen LogP contribution >= 0.6 is 0 Å². The predicted molar refractivity (Wildman–Crippen MR) is 144 cm³/mol. The van der Waals surface area contributed by atoms with Crippen LogP contribution < -0.4 is 10.6 Å². The van der Waals surface area contributed by atoms with Crippen molar-refractivity contribution < 1.29 is 28.7 Å². The molecule has 0 saturated carbocycles. The molecule has 3 amide bonds. The quantitative estimate of drug-likeness (QED) is 0.351. The van der Waals surface area contributed by atoms with E-state index in [0.717, 1.165) is 21.6 Å². The van der Waals surface area contributed by atoms with Gasteiger partial charge in [-0.1, -0.05) is 48.5 Å². The monoisotopic (exact) mass is 536 g/mol. The summed E-state index contributed by atoms with van der Waals surface area (Å²) >= 11 is 0. The Morgan fingerprint density at radius 2 is 1.69 bits per heavy atom. The van der Waals surface area contributed by atoms with E-state index in [9.17, 15) is 24.4 Å². The summed E-state index contributed by atoms with van der Waals surface area (Å²) in [5.74, 6) is -2.01. The maximum atomic E-state index is 14.0. The summed E-state index contributed by atoms with van der Waals surface area (Å²) in [7, 11) is 1.19. The summed E-state index contributed by atoms with van der Waals surface area (Å²) in [5.41, 5.74) is 2.22. The molecule has 2 aromatic rings. The van der Waals surface area contributed by atoms with Crippen molar-refractivity contribution in [3.05, 3.63) is 70.8 Å². The Bertz CT molecular complexity index is 1220. The number of nitrogens with zero attached hydrogens (tertiary/aromatic N) is 2. The van der Waals surface area contributed by atoms with Crippen LogP contribution in [-0.2, 0) is 30.3 Å².